The minimum Gasteiger partial charge on any atom is -0.452 e. The van der Waals surface area contributed by atoms with E-state index in [2.05, 4.69) is 29.9 Å². The Kier molecular flexibility index (Phi) is 3.95. The van der Waals surface area contributed by atoms with Gasteiger partial charge in [0.15, 0.2) is 0 Å². The van der Waals surface area contributed by atoms with Crippen molar-refractivity contribution in [2.45, 2.75) is 25.7 Å². The van der Waals surface area contributed by atoms with E-state index in [1.54, 1.807) is 0 Å². The number of hydrogen-bond acceptors (Lipinski definition) is 2. The smallest absolute Gasteiger partial charge is 0.411 e. The van der Waals surface area contributed by atoms with Crippen LogP contribution in [-0.2, 0) is 4.74 Å². The van der Waals surface area contributed by atoms with Crippen LogP contribution in [0.2, 0.25) is 25.7 Å². The van der Waals surface area contributed by atoms with Crippen LogP contribution < -0.4 is 5.32 Å². The van der Waals surface area contributed by atoms with Crippen molar-refractivity contribution < 1.29 is 9.53 Å². The van der Waals surface area contributed by atoms with E-state index < -0.39 is 8.07 Å². The summed E-state index contributed by atoms with van der Waals surface area (Å²) in [6.07, 6.45) is 1.49. The van der Waals surface area contributed by atoms with Crippen LogP contribution >= 0.6 is 0 Å². The summed E-state index contributed by atoms with van der Waals surface area (Å²) < 4.78 is 5.19. The molecule has 19 heavy (non-hydrogen) atoms. The van der Waals surface area contributed by atoms with Crippen molar-refractivity contribution in [3.63, 3.8) is 0 Å². The van der Waals surface area contributed by atoms with Crippen LogP contribution in [0, 0.1) is 0 Å². The summed E-state index contributed by atoms with van der Waals surface area (Å²) in [4.78, 5) is 14.8. The predicted octanol–water partition coefficient (Wildman–Crippen LogP) is 4.05. The fourth-order valence-corrected chi connectivity index (χ4v) is 2.44. The predicted molar refractivity (Wildman–Crippen MR) is 81.4 cm³/mol. The average Bonchev–Trinajstić information content (AvgIpc) is 2.74. The number of carbonyl (C=O) groups is 1. The molecule has 1 aromatic heterocycles. The third-order valence-electron chi connectivity index (χ3n) is 2.89. The van der Waals surface area contributed by atoms with Crippen molar-refractivity contribution in [3.8, 4) is 0 Å². The summed E-state index contributed by atoms with van der Waals surface area (Å²) in [6, 6.07) is 8.70. The lowest BCUT2D eigenvalue weighted by atomic mass is 10.2. The third kappa shape index (κ3) is 4.13. The van der Waals surface area contributed by atoms with Crippen LogP contribution in [0.25, 0.3) is 10.9 Å². The van der Waals surface area contributed by atoms with Crippen molar-refractivity contribution in [1.29, 1.82) is 0 Å². The summed E-state index contributed by atoms with van der Waals surface area (Å²) in [7, 11) is -1.15. The second-order valence-corrected chi connectivity index (χ2v) is 11.5. The Bertz CT molecular complexity index is 572. The molecule has 0 unspecified atom stereocenters. The van der Waals surface area contributed by atoms with Gasteiger partial charge in [-0.3, -0.25) is 5.32 Å². The van der Waals surface area contributed by atoms with E-state index in [1.807, 2.05) is 30.5 Å². The van der Waals surface area contributed by atoms with Crippen LogP contribution in [0.4, 0.5) is 10.5 Å². The van der Waals surface area contributed by atoms with Gasteiger partial charge in [0, 0.05) is 17.4 Å². The average molecular weight is 276 g/mol. The van der Waals surface area contributed by atoms with E-state index in [0.29, 0.717) is 6.61 Å². The molecule has 0 aliphatic heterocycles. The molecule has 2 N–H and O–H groups in total. The molecule has 0 bridgehead atoms. The highest BCUT2D eigenvalue weighted by atomic mass is 28.3. The number of benzene rings is 1. The molecular formula is C14H20N2O2Si-. The molecule has 0 fully saturated rings. The molecule has 0 radical (unpaired) electrons. The van der Waals surface area contributed by atoms with Crippen molar-refractivity contribution >= 4 is 30.8 Å². The Labute approximate surface area is 114 Å². The summed E-state index contributed by atoms with van der Waals surface area (Å²) >= 11 is 0. The molecule has 0 saturated carbocycles. The second-order valence-electron chi connectivity index (χ2n) is 5.85. The maximum atomic E-state index is 11.6. The van der Waals surface area contributed by atoms with Gasteiger partial charge in [-0.1, -0.05) is 6.07 Å². The van der Waals surface area contributed by atoms with E-state index in [1.165, 1.54) is 0 Å². The number of anilines is 1. The minimum atomic E-state index is -1.15. The van der Waals surface area contributed by atoms with E-state index in [0.717, 1.165) is 22.6 Å². The Balaban J connectivity index is 1.88. The van der Waals surface area contributed by atoms with Gasteiger partial charge in [-0.15, -0.1) is 14.1 Å². The normalized spacial score (nSPS) is 11.5. The number of amides is 1. The monoisotopic (exact) mass is 276 g/mol. The number of aromatic amines is 1. The summed E-state index contributed by atoms with van der Waals surface area (Å²) in [6.45, 7) is 7.26. The fourth-order valence-electron chi connectivity index (χ4n) is 1.73. The number of H-pyrrole nitrogens is 1. The first-order valence-corrected chi connectivity index (χ1v) is 10.2. The number of rotatable bonds is 4. The summed E-state index contributed by atoms with van der Waals surface area (Å²) in [5.74, 6) is 0. The van der Waals surface area contributed by atoms with E-state index in [-0.39, 0.29) is 6.09 Å². The lowest BCUT2D eigenvalue weighted by Gasteiger charge is -2.26. The van der Waals surface area contributed by atoms with E-state index in [9.17, 15) is 4.79 Å². The zero-order valence-corrected chi connectivity index (χ0v) is 12.6. The molecule has 5 heteroatoms. The topological polar surface area (TPSA) is 54.1 Å². The van der Waals surface area contributed by atoms with Gasteiger partial charge in [0.2, 0.25) is 0 Å². The standard InChI is InChI=1S/C14H20N2O2Si/c1-19(2,3)9-8-18-14(17)16-12-5-4-11-6-7-15-13(11)10-12/h4-7,10,15H,8-9H2,1-3H3,(H,16,17)/q-1. The first kappa shape index (κ1) is 13.7. The van der Waals surface area contributed by atoms with Gasteiger partial charge in [-0.25, -0.2) is 4.79 Å². The zero-order valence-electron chi connectivity index (χ0n) is 11.6. The Hall–Kier alpha value is -1.75. The van der Waals surface area contributed by atoms with Crippen LogP contribution in [0.1, 0.15) is 0 Å². The Morgan fingerprint density at radius 3 is 2.84 bits per heavy atom. The first-order chi connectivity index (χ1) is 8.94. The SMILES string of the molecule is C[Si-](C)(C)CCOC(=O)Nc1ccc2cc[nH]c2c1. The molecule has 0 aliphatic rings. The molecule has 1 heterocycles. The van der Waals surface area contributed by atoms with Crippen LogP contribution in [0.3, 0.4) is 0 Å². The minimum absolute atomic E-state index is 0.385. The molecule has 0 spiro atoms. The fraction of sp³-hybridized carbons (Fsp3) is 0.357. The van der Waals surface area contributed by atoms with E-state index >= 15 is 0 Å². The number of ether oxygens (including phenoxy) is 1. The van der Waals surface area contributed by atoms with Crippen molar-refractivity contribution in [1.82, 2.24) is 4.98 Å². The lowest BCUT2D eigenvalue weighted by molar-refractivity contribution is 0.167. The molecule has 4 nitrogen and oxygen atoms in total. The molecule has 2 rings (SSSR count). The van der Waals surface area contributed by atoms with Gasteiger partial charge in [0.05, 0.1) is 6.61 Å². The molecule has 1 amide bonds. The quantitative estimate of drug-likeness (QED) is 0.828. The van der Waals surface area contributed by atoms with Crippen molar-refractivity contribution in [2.75, 3.05) is 11.9 Å². The maximum absolute atomic E-state index is 11.6. The second kappa shape index (κ2) is 5.48. The molecule has 1 aromatic carbocycles. The molecule has 0 atom stereocenters. The highest BCUT2D eigenvalue weighted by molar-refractivity contribution is 6.76. The number of aromatic nitrogens is 1. The summed E-state index contributed by atoms with van der Waals surface area (Å²) in [5, 5.41) is 3.87. The number of fused-ring (bicyclic) bond motifs is 1. The molecule has 103 valence electrons. The number of hydrogen-bond donors (Lipinski definition) is 2. The van der Waals surface area contributed by atoms with Crippen molar-refractivity contribution in [2.24, 2.45) is 0 Å². The van der Waals surface area contributed by atoms with Crippen LogP contribution in [0.5, 0.6) is 0 Å². The number of nitrogens with one attached hydrogen (secondary N) is 2. The van der Waals surface area contributed by atoms with Gasteiger partial charge >= 0.3 is 6.09 Å². The molecular weight excluding hydrogens is 256 g/mol. The van der Waals surface area contributed by atoms with Gasteiger partial charge in [0.25, 0.3) is 0 Å². The van der Waals surface area contributed by atoms with Crippen LogP contribution in [0.15, 0.2) is 30.5 Å². The van der Waals surface area contributed by atoms with Crippen molar-refractivity contribution in [3.05, 3.63) is 30.5 Å². The molecule has 0 saturated heterocycles. The Morgan fingerprint density at radius 1 is 1.32 bits per heavy atom. The zero-order chi connectivity index (χ0) is 13.9. The van der Waals surface area contributed by atoms with E-state index in [4.69, 9.17) is 4.74 Å². The van der Waals surface area contributed by atoms with Crippen LogP contribution in [-0.4, -0.2) is 25.8 Å². The first-order valence-electron chi connectivity index (χ1n) is 6.45. The van der Waals surface area contributed by atoms with Gasteiger partial charge in [-0.05, 0) is 23.6 Å². The van der Waals surface area contributed by atoms with Gasteiger partial charge < -0.3 is 9.72 Å². The summed E-state index contributed by atoms with van der Waals surface area (Å²) in [5.41, 5.74) is 1.74. The molecule has 2 aromatic rings. The third-order valence-corrected chi connectivity index (χ3v) is 4.59. The van der Waals surface area contributed by atoms with Gasteiger partial charge in [-0.2, -0.15) is 19.6 Å². The highest BCUT2D eigenvalue weighted by Gasteiger charge is 2.06. The highest BCUT2D eigenvalue weighted by Crippen LogP contribution is 2.17. The Morgan fingerprint density at radius 2 is 2.11 bits per heavy atom. The number of carbonyl (C=O) groups excluding carboxylic acids is 1. The van der Waals surface area contributed by atoms with Gasteiger partial charge in [0.1, 0.15) is 0 Å². The maximum Gasteiger partial charge on any atom is 0.411 e. The lowest BCUT2D eigenvalue weighted by Crippen LogP contribution is -2.24. The largest absolute Gasteiger partial charge is 0.452 e. The molecule has 0 aliphatic carbocycles.